The Morgan fingerprint density at radius 1 is 1.38 bits per heavy atom. The predicted molar refractivity (Wildman–Crippen MR) is 88.9 cm³/mol. The van der Waals surface area contributed by atoms with Crippen molar-refractivity contribution in [2.45, 2.75) is 42.4 Å². The molecular formula is C16H24N2O5S. The normalized spacial score (nSPS) is 21.6. The van der Waals surface area contributed by atoms with Gasteiger partial charge in [-0.3, -0.25) is 5.84 Å². The summed E-state index contributed by atoms with van der Waals surface area (Å²) in [6.45, 7) is 2.72. The molecule has 1 aliphatic rings. The number of hydrogen-bond donors (Lipinski definition) is 1. The molecule has 1 heterocycles. The van der Waals surface area contributed by atoms with Gasteiger partial charge in [0.15, 0.2) is 0 Å². The molecule has 7 nitrogen and oxygen atoms in total. The van der Waals surface area contributed by atoms with Crippen LogP contribution in [-0.4, -0.2) is 44.5 Å². The number of hydrazine groups is 1. The van der Waals surface area contributed by atoms with E-state index in [-0.39, 0.29) is 17.1 Å². The minimum Gasteiger partial charge on any atom is -0.492 e. The highest BCUT2D eigenvalue weighted by atomic mass is 32.2. The zero-order chi connectivity index (χ0) is 17.8. The van der Waals surface area contributed by atoms with Crippen molar-refractivity contribution in [1.29, 1.82) is 0 Å². The van der Waals surface area contributed by atoms with Crippen LogP contribution in [0.2, 0.25) is 0 Å². The molecule has 0 spiro atoms. The fraction of sp³-hybridized carbons (Fsp3) is 0.562. The largest absolute Gasteiger partial charge is 0.492 e. The first kappa shape index (κ1) is 18.7. The Bertz CT molecular complexity index is 691. The van der Waals surface area contributed by atoms with E-state index in [1.807, 2.05) is 6.92 Å². The monoisotopic (exact) mass is 356 g/mol. The second-order valence-corrected chi connectivity index (χ2v) is 7.85. The summed E-state index contributed by atoms with van der Waals surface area (Å²) >= 11 is 0. The maximum Gasteiger partial charge on any atom is 0.343 e. The molecule has 2 N–H and O–H groups in total. The molecule has 134 valence electrons. The van der Waals surface area contributed by atoms with E-state index in [9.17, 15) is 13.2 Å². The summed E-state index contributed by atoms with van der Waals surface area (Å²) in [5, 5.41) is 1.07. The number of rotatable bonds is 7. The van der Waals surface area contributed by atoms with Crippen molar-refractivity contribution in [2.75, 3.05) is 20.3 Å². The van der Waals surface area contributed by atoms with Crippen molar-refractivity contribution in [3.8, 4) is 5.75 Å². The molecule has 0 saturated carbocycles. The molecule has 24 heavy (non-hydrogen) atoms. The lowest BCUT2D eigenvalue weighted by Gasteiger charge is -2.32. The molecule has 0 radical (unpaired) electrons. The Morgan fingerprint density at radius 2 is 2.08 bits per heavy atom. The summed E-state index contributed by atoms with van der Waals surface area (Å²) < 4.78 is 37.0. The van der Waals surface area contributed by atoms with E-state index in [0.29, 0.717) is 19.6 Å². The van der Waals surface area contributed by atoms with Gasteiger partial charge in [0.05, 0.1) is 13.7 Å². The van der Waals surface area contributed by atoms with Crippen molar-refractivity contribution >= 4 is 15.8 Å². The van der Waals surface area contributed by atoms with Gasteiger partial charge in [-0.1, -0.05) is 25.5 Å². The number of para-hydroxylation sites is 1. The standard InChI is InChI=1S/C16H24N2O5S/c1-3-4-12-23-13-8-5-6-9-14(13)24(20,21)16(15(19)22-2)10-7-11-18(16)17/h5-6,8-9H,3-4,7,10-12,17H2,1-2H3/t16-/m1/s1. The second kappa shape index (κ2) is 7.50. The van der Waals surface area contributed by atoms with Gasteiger partial charge in [-0.2, -0.15) is 0 Å². The number of sulfone groups is 1. The van der Waals surface area contributed by atoms with Gasteiger partial charge in [-0.05, 0) is 31.4 Å². The average Bonchev–Trinajstić information content (AvgIpc) is 2.98. The summed E-state index contributed by atoms with van der Waals surface area (Å²) in [6, 6.07) is 6.32. The van der Waals surface area contributed by atoms with E-state index in [2.05, 4.69) is 0 Å². The molecule has 2 rings (SSSR count). The van der Waals surface area contributed by atoms with E-state index in [0.717, 1.165) is 25.0 Å². The number of ether oxygens (including phenoxy) is 2. The van der Waals surface area contributed by atoms with Gasteiger partial charge in [0.2, 0.25) is 14.7 Å². The summed E-state index contributed by atoms with van der Waals surface area (Å²) in [5.41, 5.74) is 0. The van der Waals surface area contributed by atoms with Crippen molar-refractivity contribution in [3.05, 3.63) is 24.3 Å². The molecular weight excluding hydrogens is 332 g/mol. The lowest BCUT2D eigenvalue weighted by molar-refractivity contribution is -0.148. The van der Waals surface area contributed by atoms with Crippen molar-refractivity contribution in [3.63, 3.8) is 0 Å². The Labute approximate surface area is 142 Å². The molecule has 1 saturated heterocycles. The number of nitrogens with zero attached hydrogens (tertiary/aromatic N) is 1. The first-order chi connectivity index (χ1) is 11.4. The Hall–Kier alpha value is -1.64. The molecule has 8 heteroatoms. The number of hydrogen-bond acceptors (Lipinski definition) is 7. The van der Waals surface area contributed by atoms with Gasteiger partial charge in [0.1, 0.15) is 10.6 Å². The highest BCUT2D eigenvalue weighted by Crippen LogP contribution is 2.40. The number of methoxy groups -OCH3 is 1. The number of carbonyl (C=O) groups excluding carboxylic acids is 1. The Morgan fingerprint density at radius 3 is 2.67 bits per heavy atom. The highest BCUT2D eigenvalue weighted by molar-refractivity contribution is 7.93. The highest BCUT2D eigenvalue weighted by Gasteiger charge is 2.59. The van der Waals surface area contributed by atoms with Crippen LogP contribution in [0.3, 0.4) is 0 Å². The zero-order valence-corrected chi connectivity index (χ0v) is 14.8. The number of unbranched alkanes of at least 4 members (excludes halogenated alkanes) is 1. The van der Waals surface area contributed by atoms with Gasteiger partial charge in [-0.15, -0.1) is 0 Å². The van der Waals surface area contributed by atoms with Crippen LogP contribution < -0.4 is 10.6 Å². The third-order valence-electron chi connectivity index (χ3n) is 4.22. The first-order valence-electron chi connectivity index (χ1n) is 7.99. The molecule has 0 amide bonds. The van der Waals surface area contributed by atoms with Gasteiger partial charge in [-0.25, -0.2) is 18.2 Å². The lowest BCUT2D eigenvalue weighted by Crippen LogP contribution is -2.59. The summed E-state index contributed by atoms with van der Waals surface area (Å²) in [7, 11) is -2.97. The molecule has 0 aromatic heterocycles. The smallest absolute Gasteiger partial charge is 0.343 e. The maximum atomic E-state index is 13.3. The van der Waals surface area contributed by atoms with E-state index in [1.54, 1.807) is 18.2 Å². The van der Waals surface area contributed by atoms with Crippen molar-refractivity contribution < 1.29 is 22.7 Å². The zero-order valence-electron chi connectivity index (χ0n) is 14.0. The summed E-state index contributed by atoms with van der Waals surface area (Å²) in [6.07, 6.45) is 2.31. The third-order valence-corrected chi connectivity index (χ3v) is 6.63. The predicted octanol–water partition coefficient (Wildman–Crippen LogP) is 1.48. The molecule has 1 aromatic rings. The van der Waals surface area contributed by atoms with Crippen LogP contribution in [0.1, 0.15) is 32.6 Å². The van der Waals surface area contributed by atoms with Crippen LogP contribution in [0, 0.1) is 0 Å². The van der Waals surface area contributed by atoms with Crippen LogP contribution in [0.25, 0.3) is 0 Å². The molecule has 0 bridgehead atoms. The number of benzene rings is 1. The van der Waals surface area contributed by atoms with Crippen LogP contribution in [0.5, 0.6) is 5.75 Å². The van der Waals surface area contributed by atoms with Crippen LogP contribution in [0.15, 0.2) is 29.2 Å². The quantitative estimate of drug-likeness (QED) is 0.449. The summed E-state index contributed by atoms with van der Waals surface area (Å²) in [5.74, 6) is 5.26. The topological polar surface area (TPSA) is 98.9 Å². The SMILES string of the molecule is CCCCOc1ccccc1S(=O)(=O)[C@@]1(C(=O)OC)CCCN1N. The minimum atomic E-state index is -4.13. The molecule has 0 unspecified atom stereocenters. The van der Waals surface area contributed by atoms with Crippen LogP contribution in [0.4, 0.5) is 0 Å². The first-order valence-corrected chi connectivity index (χ1v) is 9.47. The number of esters is 1. The molecule has 1 atom stereocenters. The number of carbonyl (C=O) groups is 1. The minimum absolute atomic E-state index is 0.0381. The lowest BCUT2D eigenvalue weighted by atomic mass is 10.2. The Balaban J connectivity index is 2.51. The fourth-order valence-corrected chi connectivity index (χ4v) is 5.02. The van der Waals surface area contributed by atoms with E-state index >= 15 is 0 Å². The molecule has 1 fully saturated rings. The molecule has 1 aliphatic heterocycles. The maximum absolute atomic E-state index is 13.3. The fourth-order valence-electron chi connectivity index (χ4n) is 2.89. The molecule has 1 aromatic carbocycles. The van der Waals surface area contributed by atoms with Crippen LogP contribution in [-0.2, 0) is 19.4 Å². The van der Waals surface area contributed by atoms with Crippen LogP contribution >= 0.6 is 0 Å². The van der Waals surface area contributed by atoms with E-state index in [1.165, 1.54) is 6.07 Å². The Kier molecular flexibility index (Phi) is 5.84. The van der Waals surface area contributed by atoms with E-state index < -0.39 is 20.7 Å². The molecule has 0 aliphatic carbocycles. The van der Waals surface area contributed by atoms with Crippen molar-refractivity contribution in [2.24, 2.45) is 5.84 Å². The number of nitrogens with two attached hydrogens (primary N) is 1. The second-order valence-electron chi connectivity index (χ2n) is 5.73. The van der Waals surface area contributed by atoms with E-state index in [4.69, 9.17) is 15.3 Å². The van der Waals surface area contributed by atoms with Gasteiger partial charge in [0, 0.05) is 6.54 Å². The van der Waals surface area contributed by atoms with Gasteiger partial charge in [0.25, 0.3) is 0 Å². The van der Waals surface area contributed by atoms with Crippen molar-refractivity contribution in [1.82, 2.24) is 5.01 Å². The average molecular weight is 356 g/mol. The summed E-state index contributed by atoms with van der Waals surface area (Å²) in [4.78, 5) is 10.4. The van der Waals surface area contributed by atoms with Gasteiger partial charge >= 0.3 is 5.97 Å². The third kappa shape index (κ3) is 3.01. The van der Waals surface area contributed by atoms with Gasteiger partial charge < -0.3 is 9.47 Å².